The zero-order valence-corrected chi connectivity index (χ0v) is 16.0. The number of alkyl halides is 3. The van der Waals surface area contributed by atoms with E-state index in [1.165, 1.54) is 54.3 Å². The van der Waals surface area contributed by atoms with Gasteiger partial charge in [-0.15, -0.1) is 0 Å². The lowest BCUT2D eigenvalue weighted by Crippen LogP contribution is -2.17. The molecule has 0 fully saturated rings. The van der Waals surface area contributed by atoms with Crippen LogP contribution < -0.4 is 5.32 Å². The Hall–Kier alpha value is -3.14. The molecule has 0 saturated carbocycles. The maximum absolute atomic E-state index is 13.5. The normalized spacial score (nSPS) is 12.0. The minimum atomic E-state index is -4.70. The van der Waals surface area contributed by atoms with Crippen molar-refractivity contribution in [3.05, 3.63) is 72.1 Å². The van der Waals surface area contributed by atoms with Crippen LogP contribution in [-0.2, 0) is 16.0 Å². The molecule has 3 aromatic rings. The number of amides is 1. The van der Waals surface area contributed by atoms with Gasteiger partial charge in [0, 0.05) is 18.0 Å². The molecule has 0 radical (unpaired) electrons. The van der Waals surface area contributed by atoms with E-state index in [-0.39, 0.29) is 21.9 Å². The zero-order chi connectivity index (χ0) is 21.2. The van der Waals surface area contributed by atoms with E-state index < -0.39 is 33.2 Å². The highest BCUT2D eigenvalue weighted by atomic mass is 32.2. The van der Waals surface area contributed by atoms with Gasteiger partial charge in [-0.25, -0.2) is 13.1 Å². The summed E-state index contributed by atoms with van der Waals surface area (Å²) in [5, 5.41) is 6.14. The number of aromatic nitrogens is 2. The first-order valence-corrected chi connectivity index (χ1v) is 10.1. The number of hydrogen-bond acceptors (Lipinski definition) is 4. The van der Waals surface area contributed by atoms with Crippen LogP contribution >= 0.6 is 0 Å². The number of hydrogen-bond donors (Lipinski definition) is 1. The van der Waals surface area contributed by atoms with Gasteiger partial charge in [-0.05, 0) is 48.5 Å². The molecule has 10 heteroatoms. The second kappa shape index (κ2) is 7.70. The first-order chi connectivity index (χ1) is 13.6. The van der Waals surface area contributed by atoms with Gasteiger partial charge in [-0.3, -0.25) is 4.79 Å². The summed E-state index contributed by atoms with van der Waals surface area (Å²) >= 11 is 0. The summed E-state index contributed by atoms with van der Waals surface area (Å²) in [4.78, 5) is 12.4. The molecular weight excluding hydrogens is 407 g/mol. The van der Waals surface area contributed by atoms with E-state index in [0.29, 0.717) is 0 Å². The molecule has 1 amide bonds. The van der Waals surface area contributed by atoms with Gasteiger partial charge in [0.2, 0.25) is 0 Å². The highest BCUT2D eigenvalue weighted by Gasteiger charge is 2.34. The fraction of sp³-hybridized carbons (Fsp3) is 0.158. The van der Waals surface area contributed by atoms with Crippen LogP contribution in [0.2, 0.25) is 0 Å². The van der Waals surface area contributed by atoms with Gasteiger partial charge in [0.15, 0.2) is 9.84 Å². The summed E-state index contributed by atoms with van der Waals surface area (Å²) in [6.07, 6.45) is -1.77. The summed E-state index contributed by atoms with van der Waals surface area (Å²) in [6, 6.07) is 10.0. The Morgan fingerprint density at radius 2 is 1.83 bits per heavy atom. The van der Waals surface area contributed by atoms with Gasteiger partial charge in [-0.1, -0.05) is 6.92 Å². The van der Waals surface area contributed by atoms with E-state index in [1.807, 2.05) is 0 Å². The highest BCUT2D eigenvalue weighted by molar-refractivity contribution is 7.91. The second-order valence-electron chi connectivity index (χ2n) is 6.06. The lowest BCUT2D eigenvalue weighted by Gasteiger charge is -2.15. The van der Waals surface area contributed by atoms with Gasteiger partial charge in [0.05, 0.1) is 27.6 Å². The Morgan fingerprint density at radius 1 is 1.14 bits per heavy atom. The zero-order valence-electron chi connectivity index (χ0n) is 15.1. The quantitative estimate of drug-likeness (QED) is 0.674. The molecule has 0 aliphatic heterocycles. The number of anilines is 1. The van der Waals surface area contributed by atoms with Gasteiger partial charge < -0.3 is 5.32 Å². The number of benzene rings is 2. The van der Waals surface area contributed by atoms with Crippen LogP contribution in [0.3, 0.4) is 0 Å². The van der Waals surface area contributed by atoms with E-state index in [9.17, 15) is 26.4 Å². The van der Waals surface area contributed by atoms with Crippen LogP contribution in [0.1, 0.15) is 22.8 Å². The number of nitrogens with one attached hydrogen (secondary N) is 1. The Kier molecular flexibility index (Phi) is 5.47. The molecule has 6 nitrogen and oxygen atoms in total. The molecule has 0 saturated heterocycles. The van der Waals surface area contributed by atoms with Gasteiger partial charge in [0.25, 0.3) is 5.91 Å². The molecule has 0 bridgehead atoms. The van der Waals surface area contributed by atoms with Crippen molar-refractivity contribution < 1.29 is 26.4 Å². The third-order valence-electron chi connectivity index (χ3n) is 4.18. The Morgan fingerprint density at radius 3 is 2.38 bits per heavy atom. The minimum absolute atomic E-state index is 0.0318. The lowest BCUT2D eigenvalue weighted by molar-refractivity contribution is -0.136. The molecule has 0 atom stereocenters. The molecule has 1 N–H and O–H groups in total. The Bertz CT molecular complexity index is 1120. The predicted molar refractivity (Wildman–Crippen MR) is 101 cm³/mol. The summed E-state index contributed by atoms with van der Waals surface area (Å²) in [5.41, 5.74) is -1.22. The van der Waals surface area contributed by atoms with Crippen molar-refractivity contribution in [2.24, 2.45) is 0 Å². The van der Waals surface area contributed by atoms with Crippen LogP contribution in [0.5, 0.6) is 0 Å². The molecule has 3 rings (SSSR count). The van der Waals surface area contributed by atoms with Crippen molar-refractivity contribution in [3.63, 3.8) is 0 Å². The number of sulfone groups is 1. The molecule has 0 aliphatic rings. The number of nitrogens with zero attached hydrogens (tertiary/aromatic N) is 2. The fourth-order valence-electron chi connectivity index (χ4n) is 2.61. The summed E-state index contributed by atoms with van der Waals surface area (Å²) in [6.45, 7) is 1.49. The number of carbonyl (C=O) groups is 1. The van der Waals surface area contributed by atoms with E-state index in [1.54, 1.807) is 6.07 Å². The minimum Gasteiger partial charge on any atom is -0.321 e. The average Bonchev–Trinajstić information content (AvgIpc) is 3.22. The van der Waals surface area contributed by atoms with Crippen LogP contribution in [0, 0.1) is 0 Å². The Balaban J connectivity index is 1.90. The molecule has 0 spiro atoms. The van der Waals surface area contributed by atoms with Crippen molar-refractivity contribution >= 4 is 21.4 Å². The number of carbonyl (C=O) groups excluding carboxylic acids is 1. The van der Waals surface area contributed by atoms with Crippen LogP contribution in [-0.4, -0.2) is 29.9 Å². The molecule has 29 heavy (non-hydrogen) atoms. The van der Waals surface area contributed by atoms with Crippen LogP contribution in [0.25, 0.3) is 5.69 Å². The lowest BCUT2D eigenvalue weighted by atomic mass is 10.1. The van der Waals surface area contributed by atoms with Crippen molar-refractivity contribution in [2.45, 2.75) is 18.0 Å². The number of halogens is 3. The van der Waals surface area contributed by atoms with Gasteiger partial charge >= 0.3 is 6.18 Å². The van der Waals surface area contributed by atoms with Crippen LogP contribution in [0.4, 0.5) is 18.9 Å². The van der Waals surface area contributed by atoms with E-state index in [2.05, 4.69) is 10.4 Å². The monoisotopic (exact) mass is 423 g/mol. The average molecular weight is 423 g/mol. The van der Waals surface area contributed by atoms with Crippen LogP contribution in [0.15, 0.2) is 65.8 Å². The maximum atomic E-state index is 13.5. The second-order valence-corrected chi connectivity index (χ2v) is 8.34. The maximum Gasteiger partial charge on any atom is 0.418 e. The molecule has 0 aliphatic carbocycles. The van der Waals surface area contributed by atoms with E-state index in [4.69, 9.17) is 0 Å². The van der Waals surface area contributed by atoms with Gasteiger partial charge in [0.1, 0.15) is 0 Å². The summed E-state index contributed by atoms with van der Waals surface area (Å²) < 4.78 is 65.4. The molecular formula is C19H16F3N3O3S. The largest absolute Gasteiger partial charge is 0.418 e. The third kappa shape index (κ3) is 4.48. The van der Waals surface area contributed by atoms with Crippen molar-refractivity contribution in [3.8, 4) is 5.69 Å². The number of rotatable bonds is 5. The van der Waals surface area contributed by atoms with Crippen molar-refractivity contribution in [2.75, 3.05) is 11.1 Å². The topological polar surface area (TPSA) is 81.1 Å². The summed E-state index contributed by atoms with van der Waals surface area (Å²) in [7, 11) is -3.44. The third-order valence-corrected chi connectivity index (χ3v) is 5.93. The summed E-state index contributed by atoms with van der Waals surface area (Å²) in [5.74, 6) is -0.890. The predicted octanol–water partition coefficient (Wildman–Crippen LogP) is 3.94. The van der Waals surface area contributed by atoms with E-state index in [0.717, 1.165) is 12.1 Å². The molecule has 2 aromatic carbocycles. The van der Waals surface area contributed by atoms with E-state index >= 15 is 0 Å². The molecule has 0 unspecified atom stereocenters. The first kappa shape index (κ1) is 20.6. The van der Waals surface area contributed by atoms with Gasteiger partial charge in [-0.2, -0.15) is 18.3 Å². The molecule has 1 aromatic heterocycles. The standard InChI is InChI=1S/C19H16F3N3O3S/c1-2-29(27,28)15-7-4-13(5-8-15)18(26)24-17-9-6-14(25-11-3-10-23-25)12-16(17)19(20,21)22/h3-12H,2H2,1H3,(H,24,26). The first-order valence-electron chi connectivity index (χ1n) is 8.47. The van der Waals surface area contributed by atoms with Crippen molar-refractivity contribution in [1.29, 1.82) is 0 Å². The molecule has 152 valence electrons. The molecule has 1 heterocycles. The highest BCUT2D eigenvalue weighted by Crippen LogP contribution is 2.36. The Labute approximate surface area is 164 Å². The SMILES string of the molecule is CCS(=O)(=O)c1ccc(C(=O)Nc2ccc(-n3cccn3)cc2C(F)(F)F)cc1. The fourth-order valence-corrected chi connectivity index (χ4v) is 3.50. The smallest absolute Gasteiger partial charge is 0.321 e. The van der Waals surface area contributed by atoms with Crippen molar-refractivity contribution in [1.82, 2.24) is 9.78 Å².